The number of ether oxygens (including phenoxy) is 2. The molecule has 2 heterocycles. The van der Waals surface area contributed by atoms with Crippen LogP contribution >= 0.6 is 34.3 Å². The lowest BCUT2D eigenvalue weighted by Crippen LogP contribution is -2.19. The second kappa shape index (κ2) is 10.2. The number of rotatable bonds is 8. The maximum absolute atomic E-state index is 12.6. The summed E-state index contributed by atoms with van der Waals surface area (Å²) < 4.78 is 11.8. The molecular formula is C28H24ClNO5S2. The number of amides is 1. The smallest absolute Gasteiger partial charge is 0.412 e. The third kappa shape index (κ3) is 5.09. The zero-order valence-corrected chi connectivity index (χ0v) is 22.5. The van der Waals surface area contributed by atoms with Crippen molar-refractivity contribution in [2.75, 3.05) is 12.4 Å². The average molecular weight is 554 g/mol. The lowest BCUT2D eigenvalue weighted by Gasteiger charge is -2.15. The number of methoxy groups -OCH3 is 1. The highest BCUT2D eigenvalue weighted by Gasteiger charge is 2.51. The molecule has 4 aromatic rings. The first-order chi connectivity index (χ1) is 17.8. The van der Waals surface area contributed by atoms with Gasteiger partial charge in [0.15, 0.2) is 0 Å². The van der Waals surface area contributed by atoms with E-state index in [2.05, 4.69) is 5.32 Å². The van der Waals surface area contributed by atoms with E-state index in [-0.39, 0.29) is 6.10 Å². The summed E-state index contributed by atoms with van der Waals surface area (Å²) in [5.74, 6) is -0.125. The largest absolute Gasteiger partial charge is 0.496 e. The van der Waals surface area contributed by atoms with Gasteiger partial charge in [-0.2, -0.15) is 0 Å². The van der Waals surface area contributed by atoms with Gasteiger partial charge in [-0.1, -0.05) is 54.1 Å². The highest BCUT2D eigenvalue weighted by Crippen LogP contribution is 2.49. The third-order valence-electron chi connectivity index (χ3n) is 6.54. The van der Waals surface area contributed by atoms with E-state index in [4.69, 9.17) is 21.1 Å². The number of nitrogens with one attached hydrogen (secondary N) is 1. The molecule has 0 aliphatic heterocycles. The fourth-order valence-corrected chi connectivity index (χ4v) is 6.23. The molecule has 2 aromatic carbocycles. The molecule has 1 atom stereocenters. The fourth-order valence-electron chi connectivity index (χ4n) is 4.34. The normalized spacial score (nSPS) is 14.6. The first kappa shape index (κ1) is 25.3. The number of carboxylic acids is 1. The van der Waals surface area contributed by atoms with Gasteiger partial charge in [0.25, 0.3) is 0 Å². The number of carbonyl (C=O) groups is 2. The van der Waals surface area contributed by atoms with Gasteiger partial charge in [0.1, 0.15) is 11.9 Å². The molecule has 2 N–H and O–H groups in total. The number of anilines is 1. The van der Waals surface area contributed by atoms with Gasteiger partial charge < -0.3 is 14.6 Å². The number of benzene rings is 2. The minimum Gasteiger partial charge on any atom is -0.496 e. The Bertz CT molecular complexity index is 1440. The lowest BCUT2D eigenvalue weighted by atomic mass is 9.93. The van der Waals surface area contributed by atoms with Crippen molar-refractivity contribution in [2.24, 2.45) is 0 Å². The van der Waals surface area contributed by atoms with Gasteiger partial charge in [0, 0.05) is 10.4 Å². The van der Waals surface area contributed by atoms with Crippen molar-refractivity contribution in [1.29, 1.82) is 0 Å². The average Bonchev–Trinajstić information content (AvgIpc) is 3.35. The van der Waals surface area contributed by atoms with Gasteiger partial charge in [0.05, 0.1) is 27.4 Å². The molecule has 1 aliphatic carbocycles. The van der Waals surface area contributed by atoms with Crippen LogP contribution in [-0.2, 0) is 14.9 Å². The fraction of sp³-hybridized carbons (Fsp3) is 0.214. The van der Waals surface area contributed by atoms with Crippen LogP contribution in [0, 0.1) is 0 Å². The standard InChI is InChI=1S/C28H24ClNO5S2/c1-16(23-4-3-13-36-23)35-27(33)30-21-15-24(29)37-25(21)18-7-10-20(22(14-18)34-2)17-5-8-19(9-6-17)28(11-12-28)26(31)32/h3-10,13-16H,11-12H2,1-2H3,(H,30,33)(H,31,32)/t16-/m1/s1. The maximum atomic E-state index is 12.6. The predicted octanol–water partition coefficient (Wildman–Crippen LogP) is 8.23. The lowest BCUT2D eigenvalue weighted by molar-refractivity contribution is -0.140. The molecule has 0 saturated heterocycles. The van der Waals surface area contributed by atoms with Crippen LogP contribution in [0.2, 0.25) is 4.34 Å². The number of carbonyl (C=O) groups excluding carboxylic acids is 1. The first-order valence-corrected chi connectivity index (χ1v) is 13.7. The van der Waals surface area contributed by atoms with Crippen LogP contribution in [0.5, 0.6) is 5.75 Å². The van der Waals surface area contributed by atoms with E-state index >= 15 is 0 Å². The van der Waals surface area contributed by atoms with E-state index in [0.717, 1.165) is 32.0 Å². The molecule has 2 aromatic heterocycles. The third-order valence-corrected chi connectivity index (χ3v) is 8.88. The van der Waals surface area contributed by atoms with Gasteiger partial charge in [-0.15, -0.1) is 22.7 Å². The zero-order valence-electron chi connectivity index (χ0n) is 20.1. The Morgan fingerprint density at radius 3 is 2.43 bits per heavy atom. The molecule has 1 aliphatic rings. The number of aliphatic carboxylic acids is 1. The van der Waals surface area contributed by atoms with Crippen molar-refractivity contribution in [1.82, 2.24) is 0 Å². The summed E-state index contributed by atoms with van der Waals surface area (Å²) >= 11 is 9.20. The number of carboxylic acid groups (broad SMARTS) is 1. The molecule has 37 heavy (non-hydrogen) atoms. The van der Waals surface area contributed by atoms with E-state index < -0.39 is 17.5 Å². The van der Waals surface area contributed by atoms with Gasteiger partial charge in [-0.25, -0.2) is 4.79 Å². The zero-order chi connectivity index (χ0) is 26.2. The molecule has 0 spiro atoms. The molecule has 6 nitrogen and oxygen atoms in total. The van der Waals surface area contributed by atoms with Crippen molar-refractivity contribution < 1.29 is 24.2 Å². The van der Waals surface area contributed by atoms with Crippen LogP contribution in [0.25, 0.3) is 21.6 Å². The van der Waals surface area contributed by atoms with E-state index in [1.807, 2.05) is 66.9 Å². The Kier molecular flexibility index (Phi) is 6.98. The topological polar surface area (TPSA) is 84.9 Å². The van der Waals surface area contributed by atoms with Gasteiger partial charge in [0.2, 0.25) is 0 Å². The van der Waals surface area contributed by atoms with E-state index in [0.29, 0.717) is 28.6 Å². The van der Waals surface area contributed by atoms with Crippen LogP contribution in [0.15, 0.2) is 66.0 Å². The number of thiophene rings is 2. The van der Waals surface area contributed by atoms with Gasteiger partial charge in [-0.3, -0.25) is 10.1 Å². The Labute approximate surface area is 227 Å². The van der Waals surface area contributed by atoms with Crippen LogP contribution in [-0.4, -0.2) is 24.3 Å². The Morgan fingerprint density at radius 1 is 1.08 bits per heavy atom. The molecule has 1 amide bonds. The van der Waals surface area contributed by atoms with Crippen LogP contribution in [0.4, 0.5) is 10.5 Å². The van der Waals surface area contributed by atoms with Gasteiger partial charge in [-0.05, 0) is 60.0 Å². The van der Waals surface area contributed by atoms with Crippen LogP contribution in [0.3, 0.4) is 0 Å². The van der Waals surface area contributed by atoms with Crippen molar-refractivity contribution in [3.05, 3.63) is 80.8 Å². The quantitative estimate of drug-likeness (QED) is 0.229. The van der Waals surface area contributed by atoms with E-state index in [1.54, 1.807) is 13.2 Å². The molecule has 0 unspecified atom stereocenters. The molecule has 1 fully saturated rings. The first-order valence-electron chi connectivity index (χ1n) is 11.6. The van der Waals surface area contributed by atoms with Gasteiger partial charge >= 0.3 is 12.1 Å². The minimum absolute atomic E-state index is 0.367. The Balaban J connectivity index is 1.38. The van der Waals surface area contributed by atoms with Crippen molar-refractivity contribution in [2.45, 2.75) is 31.3 Å². The van der Waals surface area contributed by atoms with E-state index in [1.165, 1.54) is 22.7 Å². The SMILES string of the molecule is COc1cc(-c2sc(Cl)cc2NC(=O)O[C@H](C)c2cccs2)ccc1-c1ccc(C2(C(=O)O)CC2)cc1. The molecule has 9 heteroatoms. The molecule has 0 bridgehead atoms. The predicted molar refractivity (Wildman–Crippen MR) is 148 cm³/mol. The van der Waals surface area contributed by atoms with Crippen molar-refractivity contribution >= 4 is 52.0 Å². The second-order valence-corrected chi connectivity index (χ2v) is 11.5. The minimum atomic E-state index is -0.772. The van der Waals surface area contributed by atoms with Crippen LogP contribution < -0.4 is 10.1 Å². The maximum Gasteiger partial charge on any atom is 0.412 e. The molecular weight excluding hydrogens is 530 g/mol. The Hall–Kier alpha value is -3.33. The number of hydrogen-bond donors (Lipinski definition) is 2. The summed E-state index contributed by atoms with van der Waals surface area (Å²) in [4.78, 5) is 26.0. The highest BCUT2D eigenvalue weighted by atomic mass is 35.5. The van der Waals surface area contributed by atoms with Crippen LogP contribution in [0.1, 0.15) is 36.3 Å². The van der Waals surface area contributed by atoms with Crippen molar-refractivity contribution in [3.8, 4) is 27.3 Å². The summed E-state index contributed by atoms with van der Waals surface area (Å²) in [5, 5.41) is 14.3. The summed E-state index contributed by atoms with van der Waals surface area (Å²) in [6.45, 7) is 1.83. The molecule has 0 radical (unpaired) electrons. The monoisotopic (exact) mass is 553 g/mol. The number of halogens is 1. The summed E-state index contributed by atoms with van der Waals surface area (Å²) in [5.41, 5.74) is 3.27. The summed E-state index contributed by atoms with van der Waals surface area (Å²) in [7, 11) is 1.60. The highest BCUT2D eigenvalue weighted by molar-refractivity contribution is 7.20. The Morgan fingerprint density at radius 2 is 1.81 bits per heavy atom. The summed E-state index contributed by atoms with van der Waals surface area (Å²) in [6, 6.07) is 18.9. The van der Waals surface area contributed by atoms with E-state index in [9.17, 15) is 14.7 Å². The molecule has 5 rings (SSSR count). The molecule has 190 valence electrons. The summed E-state index contributed by atoms with van der Waals surface area (Å²) in [6.07, 6.45) is 0.406. The van der Waals surface area contributed by atoms with Crippen molar-refractivity contribution in [3.63, 3.8) is 0 Å². The number of hydrogen-bond acceptors (Lipinski definition) is 6. The molecule has 1 saturated carbocycles. The second-order valence-electron chi connectivity index (χ2n) is 8.86.